The van der Waals surface area contributed by atoms with Crippen molar-refractivity contribution in [1.82, 2.24) is 0 Å². The first kappa shape index (κ1) is 20.7. The van der Waals surface area contributed by atoms with Crippen LogP contribution in [0.4, 0.5) is 0 Å². The number of hydrogen-bond donors (Lipinski definition) is 0. The number of carbonyl (C=O) groups excluding carboxylic acids is 1. The van der Waals surface area contributed by atoms with E-state index in [0.717, 1.165) is 25.7 Å². The SMILES string of the molecule is C=C1C[C@]23C[C@H]1CCC2[C@]1(C)CCCC(C)(C(=O)OC)C1C[C@@H]3O[Si](C)(C)C. The van der Waals surface area contributed by atoms with Gasteiger partial charge < -0.3 is 9.16 Å². The lowest BCUT2D eigenvalue weighted by atomic mass is 9.40. The Bertz CT molecular complexity index is 682. The van der Waals surface area contributed by atoms with E-state index < -0.39 is 8.32 Å². The number of methoxy groups -OCH3 is 1. The number of esters is 1. The van der Waals surface area contributed by atoms with E-state index in [2.05, 4.69) is 40.1 Å². The van der Waals surface area contributed by atoms with Gasteiger partial charge in [-0.15, -0.1) is 0 Å². The standard InChI is InChI=1S/C24H40O3Si/c1-16-14-24-15-17(16)9-10-18(24)22(2)11-8-12-23(3,21(25)26-4)19(22)13-20(24)27-28(5,6)7/h17-20H,1,8-15H2,2-7H3/t17-,18?,19?,20+,22+,23?,24+/m1/s1. The van der Waals surface area contributed by atoms with Gasteiger partial charge in [-0.3, -0.25) is 4.79 Å². The van der Waals surface area contributed by atoms with E-state index in [9.17, 15) is 4.79 Å². The van der Waals surface area contributed by atoms with Gasteiger partial charge in [0.2, 0.25) is 0 Å². The molecule has 4 heteroatoms. The summed E-state index contributed by atoms with van der Waals surface area (Å²) in [6.45, 7) is 16.1. The van der Waals surface area contributed by atoms with E-state index in [4.69, 9.17) is 9.16 Å². The summed E-state index contributed by atoms with van der Waals surface area (Å²) in [5, 5.41) is 0. The molecule has 4 aliphatic rings. The molecule has 28 heavy (non-hydrogen) atoms. The van der Waals surface area contributed by atoms with Gasteiger partial charge in [0, 0.05) is 5.41 Å². The van der Waals surface area contributed by atoms with Gasteiger partial charge in [0.25, 0.3) is 0 Å². The third-order valence-electron chi connectivity index (χ3n) is 9.27. The molecule has 0 amide bonds. The minimum Gasteiger partial charge on any atom is -0.469 e. The second kappa shape index (κ2) is 6.44. The molecule has 4 rings (SSSR count). The number of allylic oxidation sites excluding steroid dienone is 1. The Kier molecular flexibility index (Phi) is 4.75. The molecule has 158 valence electrons. The largest absolute Gasteiger partial charge is 0.469 e. The maximum absolute atomic E-state index is 13.0. The second-order valence-corrected chi connectivity index (χ2v) is 16.3. The predicted octanol–water partition coefficient (Wildman–Crippen LogP) is 5.96. The summed E-state index contributed by atoms with van der Waals surface area (Å²) in [5.74, 6) is 1.68. The lowest BCUT2D eigenvalue weighted by molar-refractivity contribution is -0.206. The zero-order chi connectivity index (χ0) is 20.5. The van der Waals surface area contributed by atoms with Crippen LogP contribution in [-0.4, -0.2) is 27.5 Å². The van der Waals surface area contributed by atoms with Crippen molar-refractivity contribution in [2.45, 2.75) is 91.0 Å². The van der Waals surface area contributed by atoms with Crippen LogP contribution in [-0.2, 0) is 14.0 Å². The summed E-state index contributed by atoms with van der Waals surface area (Å²) in [6.07, 6.45) is 9.59. The molecule has 2 bridgehead atoms. The molecule has 0 radical (unpaired) electrons. The van der Waals surface area contributed by atoms with Gasteiger partial charge in [-0.1, -0.05) is 25.5 Å². The summed E-state index contributed by atoms with van der Waals surface area (Å²) in [4.78, 5) is 13.0. The zero-order valence-electron chi connectivity index (χ0n) is 18.9. The Balaban J connectivity index is 1.81. The van der Waals surface area contributed by atoms with Crippen molar-refractivity contribution in [3.8, 4) is 0 Å². The summed E-state index contributed by atoms with van der Waals surface area (Å²) in [7, 11) is -0.135. The Morgan fingerprint density at radius 3 is 2.50 bits per heavy atom. The molecule has 0 saturated heterocycles. The first-order chi connectivity index (χ1) is 13.0. The number of hydrogen-bond acceptors (Lipinski definition) is 3. The van der Waals surface area contributed by atoms with Crippen LogP contribution in [0.5, 0.6) is 0 Å². The summed E-state index contributed by atoms with van der Waals surface area (Å²) >= 11 is 0. The highest BCUT2D eigenvalue weighted by molar-refractivity contribution is 6.69. The van der Waals surface area contributed by atoms with Crippen LogP contribution in [0.2, 0.25) is 19.6 Å². The molecule has 3 nitrogen and oxygen atoms in total. The van der Waals surface area contributed by atoms with E-state index in [1.54, 1.807) is 7.11 Å². The van der Waals surface area contributed by atoms with E-state index in [1.165, 1.54) is 31.3 Å². The van der Waals surface area contributed by atoms with Gasteiger partial charge in [-0.05, 0) is 94.7 Å². The fraction of sp³-hybridized carbons (Fsp3) is 0.875. The molecule has 0 aromatic carbocycles. The smallest absolute Gasteiger partial charge is 0.311 e. The topological polar surface area (TPSA) is 35.5 Å². The molecule has 0 aliphatic heterocycles. The first-order valence-corrected chi connectivity index (χ1v) is 14.8. The highest BCUT2D eigenvalue weighted by Gasteiger charge is 2.68. The molecule has 4 fully saturated rings. The van der Waals surface area contributed by atoms with Crippen LogP contribution in [0.1, 0.15) is 65.2 Å². The highest BCUT2D eigenvalue weighted by atomic mass is 28.4. The zero-order valence-corrected chi connectivity index (χ0v) is 19.9. The molecule has 0 aromatic rings. The van der Waals surface area contributed by atoms with Gasteiger partial charge in [0.15, 0.2) is 8.32 Å². The molecule has 0 aromatic heterocycles. The second-order valence-electron chi connectivity index (χ2n) is 11.9. The van der Waals surface area contributed by atoms with Crippen LogP contribution in [0.3, 0.4) is 0 Å². The molecule has 4 saturated carbocycles. The minimum atomic E-state index is -1.70. The lowest BCUT2D eigenvalue weighted by Gasteiger charge is -2.66. The first-order valence-electron chi connectivity index (χ1n) is 11.4. The summed E-state index contributed by atoms with van der Waals surface area (Å²) < 4.78 is 12.3. The molecule has 4 aliphatic carbocycles. The number of rotatable bonds is 3. The van der Waals surface area contributed by atoms with Crippen molar-refractivity contribution in [2.75, 3.05) is 7.11 Å². The maximum atomic E-state index is 13.0. The van der Waals surface area contributed by atoms with Crippen LogP contribution >= 0.6 is 0 Å². The van der Waals surface area contributed by atoms with Crippen molar-refractivity contribution in [3.05, 3.63) is 12.2 Å². The molecule has 3 unspecified atom stereocenters. The minimum absolute atomic E-state index is 0.00403. The molecular formula is C24H40O3Si. The Labute approximate surface area is 172 Å². The van der Waals surface area contributed by atoms with Crippen molar-refractivity contribution < 1.29 is 14.0 Å². The van der Waals surface area contributed by atoms with Crippen LogP contribution in [0.25, 0.3) is 0 Å². The van der Waals surface area contributed by atoms with E-state index >= 15 is 0 Å². The van der Waals surface area contributed by atoms with E-state index in [1.807, 2.05) is 0 Å². The van der Waals surface area contributed by atoms with Gasteiger partial charge in [-0.25, -0.2) is 0 Å². The average molecular weight is 405 g/mol. The fourth-order valence-electron chi connectivity index (χ4n) is 8.30. The highest BCUT2D eigenvalue weighted by Crippen LogP contribution is 2.72. The normalized spacial score (nSPS) is 48.0. The van der Waals surface area contributed by atoms with Crippen molar-refractivity contribution in [3.63, 3.8) is 0 Å². The van der Waals surface area contributed by atoms with Gasteiger partial charge >= 0.3 is 5.97 Å². The van der Waals surface area contributed by atoms with E-state index in [0.29, 0.717) is 17.8 Å². The maximum Gasteiger partial charge on any atom is 0.311 e. The molecule has 7 atom stereocenters. The predicted molar refractivity (Wildman–Crippen MR) is 115 cm³/mol. The number of ether oxygens (including phenoxy) is 1. The molecule has 1 spiro atoms. The molecule has 0 N–H and O–H groups in total. The van der Waals surface area contributed by atoms with E-state index in [-0.39, 0.29) is 28.3 Å². The monoisotopic (exact) mass is 404 g/mol. The van der Waals surface area contributed by atoms with Crippen molar-refractivity contribution in [2.24, 2.45) is 34.0 Å². The Morgan fingerprint density at radius 2 is 1.86 bits per heavy atom. The Hall–Kier alpha value is -0.613. The van der Waals surface area contributed by atoms with Gasteiger partial charge in [0.1, 0.15) is 0 Å². The van der Waals surface area contributed by atoms with Gasteiger partial charge in [0.05, 0.1) is 18.6 Å². The summed E-state index contributed by atoms with van der Waals surface area (Å²) in [6, 6.07) is 0. The average Bonchev–Trinajstić information content (AvgIpc) is 2.85. The quantitative estimate of drug-likeness (QED) is 0.331. The number of fused-ring (bicyclic) bond motifs is 3. The van der Waals surface area contributed by atoms with Crippen LogP contribution < -0.4 is 0 Å². The fourth-order valence-corrected chi connectivity index (χ4v) is 9.49. The van der Waals surface area contributed by atoms with Crippen LogP contribution in [0, 0.1) is 34.0 Å². The van der Waals surface area contributed by atoms with Gasteiger partial charge in [-0.2, -0.15) is 0 Å². The summed E-state index contributed by atoms with van der Waals surface area (Å²) in [5.41, 5.74) is 1.55. The Morgan fingerprint density at radius 1 is 1.14 bits per heavy atom. The van der Waals surface area contributed by atoms with Crippen LogP contribution in [0.15, 0.2) is 12.2 Å². The number of carbonyl (C=O) groups is 1. The van der Waals surface area contributed by atoms with Crippen molar-refractivity contribution >= 4 is 14.3 Å². The third kappa shape index (κ3) is 2.80. The molecule has 0 heterocycles. The molecular weight excluding hydrogens is 364 g/mol. The third-order valence-corrected chi connectivity index (χ3v) is 10.3. The lowest BCUT2D eigenvalue weighted by Crippen LogP contribution is -2.64. The van der Waals surface area contributed by atoms with Crippen molar-refractivity contribution in [1.29, 1.82) is 0 Å².